The van der Waals surface area contributed by atoms with Crippen molar-refractivity contribution in [2.45, 2.75) is 26.2 Å². The number of benzene rings is 2. The van der Waals surface area contributed by atoms with Crippen LogP contribution in [-0.4, -0.2) is 11.6 Å². The van der Waals surface area contributed by atoms with Gasteiger partial charge in [-0.15, -0.1) is 0 Å². The van der Waals surface area contributed by atoms with Gasteiger partial charge in [-0.3, -0.25) is 10.2 Å². The molecule has 0 unspecified atom stereocenters. The van der Waals surface area contributed by atoms with Gasteiger partial charge in [0.25, 0.3) is 5.91 Å². The summed E-state index contributed by atoms with van der Waals surface area (Å²) in [7, 11) is 0. The second-order valence-corrected chi connectivity index (χ2v) is 7.15. The van der Waals surface area contributed by atoms with Crippen molar-refractivity contribution in [3.63, 3.8) is 0 Å². The zero-order valence-electron chi connectivity index (χ0n) is 15.5. The van der Waals surface area contributed by atoms with E-state index in [1.165, 1.54) is 0 Å². The SMILES string of the molecule is Cc1c(C(=O)Nc2cccc(Cl)c2)oc2c1/C(=N/Nc1ccccc1)CCC2. The molecule has 2 N–H and O–H groups in total. The van der Waals surface area contributed by atoms with E-state index in [9.17, 15) is 4.79 Å². The van der Waals surface area contributed by atoms with E-state index in [1.807, 2.05) is 37.3 Å². The van der Waals surface area contributed by atoms with Crippen LogP contribution in [0, 0.1) is 6.92 Å². The van der Waals surface area contributed by atoms with Crippen LogP contribution in [0.15, 0.2) is 64.1 Å². The Morgan fingerprint density at radius 1 is 1.07 bits per heavy atom. The number of rotatable bonds is 4. The number of hydrogen-bond donors (Lipinski definition) is 2. The van der Waals surface area contributed by atoms with Crippen molar-refractivity contribution in [3.8, 4) is 0 Å². The first-order valence-corrected chi connectivity index (χ1v) is 9.57. The summed E-state index contributed by atoms with van der Waals surface area (Å²) >= 11 is 6.00. The number of furan rings is 1. The van der Waals surface area contributed by atoms with Gasteiger partial charge in [0.15, 0.2) is 5.76 Å². The van der Waals surface area contributed by atoms with Crippen LogP contribution in [-0.2, 0) is 6.42 Å². The predicted octanol–water partition coefficient (Wildman–Crippen LogP) is 5.65. The van der Waals surface area contributed by atoms with Crippen LogP contribution in [0.25, 0.3) is 0 Å². The molecule has 2 aromatic carbocycles. The molecule has 4 rings (SSSR count). The highest BCUT2D eigenvalue weighted by molar-refractivity contribution is 6.31. The summed E-state index contributed by atoms with van der Waals surface area (Å²) in [6.45, 7) is 1.90. The quantitative estimate of drug-likeness (QED) is 0.563. The number of carbonyl (C=O) groups excluding carboxylic acids is 1. The Kier molecular flexibility index (Phi) is 5.17. The number of fused-ring (bicyclic) bond motifs is 1. The normalized spacial score (nSPS) is 14.6. The lowest BCUT2D eigenvalue weighted by Crippen LogP contribution is -2.14. The highest BCUT2D eigenvalue weighted by Crippen LogP contribution is 2.30. The van der Waals surface area contributed by atoms with Crippen molar-refractivity contribution < 1.29 is 9.21 Å². The first-order valence-electron chi connectivity index (χ1n) is 9.19. The number of halogens is 1. The molecule has 28 heavy (non-hydrogen) atoms. The van der Waals surface area contributed by atoms with Gasteiger partial charge in [-0.25, -0.2) is 0 Å². The second kappa shape index (κ2) is 7.90. The molecule has 1 amide bonds. The minimum Gasteiger partial charge on any atom is -0.455 e. The molecule has 142 valence electrons. The van der Waals surface area contributed by atoms with Gasteiger partial charge in [-0.1, -0.05) is 35.9 Å². The standard InChI is InChI=1S/C22H20ClN3O2/c1-14-20-18(26-25-16-8-3-2-4-9-16)11-6-12-19(20)28-21(14)22(27)24-17-10-5-7-15(23)13-17/h2-5,7-10,13,25H,6,11-12H2,1H3,(H,24,27)/b26-18+. The molecule has 3 aromatic rings. The summed E-state index contributed by atoms with van der Waals surface area (Å²) in [4.78, 5) is 12.7. The average molecular weight is 394 g/mol. The van der Waals surface area contributed by atoms with Crippen LogP contribution in [0.4, 0.5) is 11.4 Å². The van der Waals surface area contributed by atoms with Crippen molar-refractivity contribution >= 4 is 34.6 Å². The van der Waals surface area contributed by atoms with Crippen molar-refractivity contribution in [1.82, 2.24) is 0 Å². The molecule has 0 fully saturated rings. The van der Waals surface area contributed by atoms with Gasteiger partial charge in [0.2, 0.25) is 0 Å². The Balaban J connectivity index is 1.60. The number of nitrogens with zero attached hydrogens (tertiary/aromatic N) is 1. The molecule has 0 aliphatic heterocycles. The lowest BCUT2D eigenvalue weighted by molar-refractivity contribution is 0.0994. The summed E-state index contributed by atoms with van der Waals surface area (Å²) in [5.41, 5.74) is 7.30. The van der Waals surface area contributed by atoms with Gasteiger partial charge >= 0.3 is 0 Å². The lowest BCUT2D eigenvalue weighted by Gasteiger charge is -2.13. The molecule has 0 spiro atoms. The van der Waals surface area contributed by atoms with Crippen LogP contribution < -0.4 is 10.7 Å². The van der Waals surface area contributed by atoms with Gasteiger partial charge in [0, 0.05) is 28.3 Å². The largest absolute Gasteiger partial charge is 0.455 e. The minimum absolute atomic E-state index is 0.287. The van der Waals surface area contributed by atoms with Gasteiger partial charge in [0.1, 0.15) is 5.76 Å². The molecule has 1 heterocycles. The molecule has 0 radical (unpaired) electrons. The number of aryl methyl sites for hydroxylation is 1. The number of hydrazone groups is 1. The maximum atomic E-state index is 12.7. The number of nitrogens with one attached hydrogen (secondary N) is 2. The maximum absolute atomic E-state index is 12.7. The second-order valence-electron chi connectivity index (χ2n) is 6.71. The number of anilines is 2. The van der Waals surface area contributed by atoms with Gasteiger partial charge in [0.05, 0.1) is 11.4 Å². The zero-order valence-corrected chi connectivity index (χ0v) is 16.2. The fraction of sp³-hybridized carbons (Fsp3) is 0.182. The van der Waals surface area contributed by atoms with E-state index in [0.717, 1.165) is 47.5 Å². The molecular weight excluding hydrogens is 374 g/mol. The highest BCUT2D eigenvalue weighted by atomic mass is 35.5. The van der Waals surface area contributed by atoms with Crippen LogP contribution in [0.5, 0.6) is 0 Å². The van der Waals surface area contributed by atoms with E-state index in [0.29, 0.717) is 16.5 Å². The molecule has 0 atom stereocenters. The summed E-state index contributed by atoms with van der Waals surface area (Å²) in [5.74, 6) is 0.845. The molecule has 0 saturated heterocycles. The van der Waals surface area contributed by atoms with Gasteiger partial charge in [-0.2, -0.15) is 5.10 Å². The van der Waals surface area contributed by atoms with Crippen molar-refractivity contribution in [1.29, 1.82) is 0 Å². The van der Waals surface area contributed by atoms with E-state index >= 15 is 0 Å². The molecule has 0 bridgehead atoms. The maximum Gasteiger partial charge on any atom is 0.291 e. The zero-order chi connectivity index (χ0) is 19.5. The van der Waals surface area contributed by atoms with E-state index < -0.39 is 0 Å². The van der Waals surface area contributed by atoms with E-state index in [1.54, 1.807) is 24.3 Å². The predicted molar refractivity (Wildman–Crippen MR) is 112 cm³/mol. The third-order valence-electron chi connectivity index (χ3n) is 4.71. The number of hydrogen-bond acceptors (Lipinski definition) is 4. The molecule has 1 aliphatic carbocycles. The van der Waals surface area contributed by atoms with Crippen molar-refractivity contribution in [2.24, 2.45) is 5.10 Å². The van der Waals surface area contributed by atoms with Crippen molar-refractivity contribution in [2.75, 3.05) is 10.7 Å². The van der Waals surface area contributed by atoms with Gasteiger partial charge < -0.3 is 9.73 Å². The van der Waals surface area contributed by atoms with E-state index in [-0.39, 0.29) is 5.91 Å². The average Bonchev–Trinajstić information content (AvgIpc) is 3.05. The van der Waals surface area contributed by atoms with Gasteiger partial charge in [-0.05, 0) is 50.1 Å². The molecule has 1 aromatic heterocycles. The summed E-state index contributed by atoms with van der Waals surface area (Å²) < 4.78 is 5.93. The monoisotopic (exact) mass is 393 g/mol. The molecule has 0 saturated carbocycles. The highest BCUT2D eigenvalue weighted by Gasteiger charge is 2.28. The smallest absolute Gasteiger partial charge is 0.291 e. The Morgan fingerprint density at radius 3 is 2.64 bits per heavy atom. The van der Waals surface area contributed by atoms with Crippen molar-refractivity contribution in [3.05, 3.63) is 82.3 Å². The molecule has 1 aliphatic rings. The van der Waals surface area contributed by atoms with Crippen LogP contribution in [0.1, 0.15) is 40.3 Å². The summed E-state index contributed by atoms with van der Waals surface area (Å²) in [5, 5.41) is 7.99. The Bertz CT molecular complexity index is 1040. The first kappa shape index (κ1) is 18.3. The fourth-order valence-corrected chi connectivity index (χ4v) is 3.59. The minimum atomic E-state index is -0.287. The fourth-order valence-electron chi connectivity index (χ4n) is 3.40. The lowest BCUT2D eigenvalue weighted by atomic mass is 9.93. The van der Waals surface area contributed by atoms with Crippen LogP contribution in [0.2, 0.25) is 5.02 Å². The Hall–Kier alpha value is -3.05. The first-order chi connectivity index (χ1) is 13.6. The Morgan fingerprint density at radius 2 is 1.86 bits per heavy atom. The molecular formula is C22H20ClN3O2. The van der Waals surface area contributed by atoms with E-state index in [2.05, 4.69) is 15.8 Å². The number of amides is 1. The van der Waals surface area contributed by atoms with Crippen LogP contribution in [0.3, 0.4) is 0 Å². The summed E-state index contributed by atoms with van der Waals surface area (Å²) in [6.07, 6.45) is 2.57. The van der Waals surface area contributed by atoms with Crippen LogP contribution >= 0.6 is 11.6 Å². The molecule has 5 nitrogen and oxygen atoms in total. The number of carbonyl (C=O) groups is 1. The Labute approximate surface area is 168 Å². The van der Waals surface area contributed by atoms with E-state index in [4.69, 9.17) is 16.0 Å². The summed E-state index contributed by atoms with van der Waals surface area (Å²) in [6, 6.07) is 16.8. The third kappa shape index (κ3) is 3.80. The topological polar surface area (TPSA) is 66.6 Å². The molecule has 6 heteroatoms. The third-order valence-corrected chi connectivity index (χ3v) is 4.94. The number of para-hydroxylation sites is 1.